The van der Waals surface area contributed by atoms with Crippen molar-refractivity contribution in [3.8, 4) is 11.8 Å². The second-order valence-corrected chi connectivity index (χ2v) is 5.00. The second kappa shape index (κ2) is 6.10. The van der Waals surface area contributed by atoms with Crippen LogP contribution in [-0.4, -0.2) is 21.8 Å². The summed E-state index contributed by atoms with van der Waals surface area (Å²) in [6.45, 7) is 0.723. The highest BCUT2D eigenvalue weighted by Crippen LogP contribution is 2.15. The highest BCUT2D eigenvalue weighted by atomic mass is 15.3. The zero-order valence-corrected chi connectivity index (χ0v) is 12.2. The fourth-order valence-electron chi connectivity index (χ4n) is 2.21. The van der Waals surface area contributed by atoms with E-state index < -0.39 is 0 Å². The Bertz CT molecular complexity index is 784. The van der Waals surface area contributed by atoms with Crippen molar-refractivity contribution in [2.45, 2.75) is 6.54 Å². The minimum atomic E-state index is 0.425. The van der Waals surface area contributed by atoms with Crippen molar-refractivity contribution < 1.29 is 0 Å². The van der Waals surface area contributed by atoms with Gasteiger partial charge in [0, 0.05) is 25.4 Å². The third-order valence-electron chi connectivity index (χ3n) is 3.38. The molecule has 0 unspecified atom stereocenters. The monoisotopic (exact) mass is 289 g/mol. The number of nitriles is 1. The minimum Gasteiger partial charge on any atom is -0.369 e. The Kier molecular flexibility index (Phi) is 3.84. The van der Waals surface area contributed by atoms with Gasteiger partial charge in [0.2, 0.25) is 0 Å². The summed E-state index contributed by atoms with van der Waals surface area (Å²) in [5.41, 5.74) is 3.53. The van der Waals surface area contributed by atoms with Crippen LogP contribution in [0.25, 0.3) is 5.69 Å². The Morgan fingerprint density at radius 1 is 1.14 bits per heavy atom. The van der Waals surface area contributed by atoms with E-state index >= 15 is 0 Å². The molecule has 3 aromatic rings. The van der Waals surface area contributed by atoms with E-state index in [1.807, 2.05) is 66.6 Å². The molecule has 2 aromatic heterocycles. The van der Waals surface area contributed by atoms with Gasteiger partial charge in [-0.1, -0.05) is 18.2 Å². The average molecular weight is 289 g/mol. The van der Waals surface area contributed by atoms with Gasteiger partial charge in [0.25, 0.3) is 0 Å². The minimum absolute atomic E-state index is 0.425. The van der Waals surface area contributed by atoms with Gasteiger partial charge in [-0.3, -0.25) is 0 Å². The lowest BCUT2D eigenvalue weighted by Gasteiger charge is -2.17. The standard InChI is InChI=1S/C17H15N5/c1-21(17-8-7-15(9-18)19-11-17)12-14-10-20-22(13-14)16-5-3-2-4-6-16/h2-8,10-11,13H,12H2,1H3. The van der Waals surface area contributed by atoms with Crippen LogP contribution in [0.2, 0.25) is 0 Å². The van der Waals surface area contributed by atoms with Crippen molar-refractivity contribution in [2.75, 3.05) is 11.9 Å². The Labute approximate surface area is 129 Å². The number of rotatable bonds is 4. The number of hydrogen-bond donors (Lipinski definition) is 0. The molecule has 3 rings (SSSR count). The molecule has 0 fully saturated rings. The van der Waals surface area contributed by atoms with Crippen molar-refractivity contribution in [2.24, 2.45) is 0 Å². The molecule has 0 atom stereocenters. The first kappa shape index (κ1) is 13.8. The van der Waals surface area contributed by atoms with Gasteiger partial charge in [-0.2, -0.15) is 10.4 Å². The molecular formula is C17H15N5. The summed E-state index contributed by atoms with van der Waals surface area (Å²) in [4.78, 5) is 6.16. The molecule has 0 amide bonds. The fraction of sp³-hybridized carbons (Fsp3) is 0.118. The fourth-order valence-corrected chi connectivity index (χ4v) is 2.21. The van der Waals surface area contributed by atoms with Gasteiger partial charge in [-0.25, -0.2) is 9.67 Å². The largest absolute Gasteiger partial charge is 0.369 e. The molecule has 0 saturated carbocycles. The van der Waals surface area contributed by atoms with E-state index in [2.05, 4.69) is 15.0 Å². The summed E-state index contributed by atoms with van der Waals surface area (Å²) >= 11 is 0. The molecule has 2 heterocycles. The lowest BCUT2D eigenvalue weighted by molar-refractivity contribution is 0.877. The topological polar surface area (TPSA) is 57.7 Å². The first-order chi connectivity index (χ1) is 10.8. The van der Waals surface area contributed by atoms with Gasteiger partial charge in [0.1, 0.15) is 11.8 Å². The van der Waals surface area contributed by atoms with Crippen LogP contribution in [0, 0.1) is 11.3 Å². The van der Waals surface area contributed by atoms with Crippen LogP contribution in [0.15, 0.2) is 61.1 Å². The van der Waals surface area contributed by atoms with Gasteiger partial charge >= 0.3 is 0 Å². The molecule has 108 valence electrons. The number of anilines is 1. The number of aromatic nitrogens is 3. The van der Waals surface area contributed by atoms with E-state index in [-0.39, 0.29) is 0 Å². The third kappa shape index (κ3) is 2.96. The summed E-state index contributed by atoms with van der Waals surface area (Å²) in [5, 5.41) is 13.2. The number of benzene rings is 1. The SMILES string of the molecule is CN(Cc1cnn(-c2ccccc2)c1)c1ccc(C#N)nc1. The third-order valence-corrected chi connectivity index (χ3v) is 3.38. The van der Waals surface area contributed by atoms with Crippen LogP contribution in [0.1, 0.15) is 11.3 Å². The molecule has 0 N–H and O–H groups in total. The van der Waals surface area contributed by atoms with Crippen LogP contribution in [0.4, 0.5) is 5.69 Å². The Morgan fingerprint density at radius 2 is 1.95 bits per heavy atom. The number of para-hydroxylation sites is 1. The molecule has 0 radical (unpaired) electrons. The Morgan fingerprint density at radius 3 is 2.64 bits per heavy atom. The normalized spacial score (nSPS) is 10.2. The summed E-state index contributed by atoms with van der Waals surface area (Å²) in [7, 11) is 1.99. The predicted molar refractivity (Wildman–Crippen MR) is 84.6 cm³/mol. The molecule has 5 nitrogen and oxygen atoms in total. The van der Waals surface area contributed by atoms with Gasteiger partial charge < -0.3 is 4.90 Å². The van der Waals surface area contributed by atoms with Crippen molar-refractivity contribution in [1.82, 2.24) is 14.8 Å². The van der Waals surface area contributed by atoms with E-state index in [1.54, 1.807) is 12.3 Å². The highest BCUT2D eigenvalue weighted by Gasteiger charge is 2.06. The van der Waals surface area contributed by atoms with Crippen LogP contribution in [-0.2, 0) is 6.54 Å². The van der Waals surface area contributed by atoms with E-state index in [0.29, 0.717) is 5.69 Å². The molecular weight excluding hydrogens is 274 g/mol. The Balaban J connectivity index is 1.73. The smallest absolute Gasteiger partial charge is 0.140 e. The molecule has 0 bridgehead atoms. The van der Waals surface area contributed by atoms with Crippen molar-refractivity contribution in [3.63, 3.8) is 0 Å². The van der Waals surface area contributed by atoms with Crippen molar-refractivity contribution in [3.05, 3.63) is 72.3 Å². The van der Waals surface area contributed by atoms with Crippen LogP contribution >= 0.6 is 0 Å². The molecule has 1 aromatic carbocycles. The van der Waals surface area contributed by atoms with Crippen LogP contribution in [0.3, 0.4) is 0 Å². The Hall–Kier alpha value is -3.13. The van der Waals surface area contributed by atoms with Crippen molar-refractivity contribution >= 4 is 5.69 Å². The first-order valence-corrected chi connectivity index (χ1v) is 6.92. The lowest BCUT2D eigenvalue weighted by atomic mass is 10.3. The van der Waals surface area contributed by atoms with E-state index in [9.17, 15) is 0 Å². The number of hydrogen-bond acceptors (Lipinski definition) is 4. The van der Waals surface area contributed by atoms with Crippen LogP contribution < -0.4 is 4.90 Å². The molecule has 0 aliphatic rings. The average Bonchev–Trinajstić information content (AvgIpc) is 3.04. The molecule has 0 saturated heterocycles. The highest BCUT2D eigenvalue weighted by molar-refractivity contribution is 5.45. The predicted octanol–water partition coefficient (Wildman–Crippen LogP) is 2.78. The maximum Gasteiger partial charge on any atom is 0.140 e. The second-order valence-electron chi connectivity index (χ2n) is 5.00. The summed E-state index contributed by atoms with van der Waals surface area (Å²) in [6, 6.07) is 15.6. The molecule has 22 heavy (non-hydrogen) atoms. The molecule has 0 spiro atoms. The maximum absolute atomic E-state index is 8.78. The van der Waals surface area contributed by atoms with Gasteiger partial charge in [-0.05, 0) is 24.3 Å². The molecule has 0 aliphatic heterocycles. The van der Waals surface area contributed by atoms with Crippen LogP contribution in [0.5, 0.6) is 0 Å². The van der Waals surface area contributed by atoms with Gasteiger partial charge in [0.05, 0.1) is 23.8 Å². The molecule has 5 heteroatoms. The lowest BCUT2D eigenvalue weighted by Crippen LogP contribution is -2.16. The first-order valence-electron chi connectivity index (χ1n) is 6.92. The number of nitrogens with zero attached hydrogens (tertiary/aromatic N) is 5. The van der Waals surface area contributed by atoms with Gasteiger partial charge in [0.15, 0.2) is 0 Å². The van der Waals surface area contributed by atoms with E-state index in [1.165, 1.54) is 0 Å². The zero-order chi connectivity index (χ0) is 15.4. The zero-order valence-electron chi connectivity index (χ0n) is 12.2. The van der Waals surface area contributed by atoms with Crippen molar-refractivity contribution in [1.29, 1.82) is 5.26 Å². The molecule has 0 aliphatic carbocycles. The van der Waals surface area contributed by atoms with E-state index in [0.717, 1.165) is 23.5 Å². The van der Waals surface area contributed by atoms with Gasteiger partial charge in [-0.15, -0.1) is 0 Å². The number of pyridine rings is 1. The van der Waals surface area contributed by atoms with E-state index in [4.69, 9.17) is 5.26 Å². The summed E-state index contributed by atoms with van der Waals surface area (Å²) in [5.74, 6) is 0. The quantitative estimate of drug-likeness (QED) is 0.741. The maximum atomic E-state index is 8.78. The summed E-state index contributed by atoms with van der Waals surface area (Å²) in [6.07, 6.45) is 5.59. The summed E-state index contributed by atoms with van der Waals surface area (Å²) < 4.78 is 1.86.